The molecular formula is C19H21NO5. The van der Waals surface area contributed by atoms with E-state index in [2.05, 4.69) is 5.32 Å². The van der Waals surface area contributed by atoms with E-state index in [1.807, 2.05) is 6.92 Å². The van der Waals surface area contributed by atoms with Gasteiger partial charge in [0.1, 0.15) is 11.5 Å². The number of methoxy groups -OCH3 is 1. The van der Waals surface area contributed by atoms with E-state index in [-0.39, 0.29) is 0 Å². The number of benzene rings is 2. The van der Waals surface area contributed by atoms with E-state index in [1.54, 1.807) is 48.5 Å². The maximum Gasteiger partial charge on any atom is 0.338 e. The van der Waals surface area contributed by atoms with Crippen LogP contribution >= 0.6 is 0 Å². The molecule has 2 rings (SSSR count). The molecule has 25 heavy (non-hydrogen) atoms. The van der Waals surface area contributed by atoms with Gasteiger partial charge in [0, 0.05) is 0 Å². The van der Waals surface area contributed by atoms with Crippen molar-refractivity contribution in [3.05, 3.63) is 54.1 Å². The van der Waals surface area contributed by atoms with Gasteiger partial charge in [0.05, 0.1) is 25.0 Å². The molecule has 2 aromatic carbocycles. The molecule has 0 bridgehead atoms. The first-order valence-electron chi connectivity index (χ1n) is 7.93. The predicted molar refractivity (Wildman–Crippen MR) is 94.1 cm³/mol. The third-order valence-electron chi connectivity index (χ3n) is 3.42. The fourth-order valence-electron chi connectivity index (χ4n) is 2.12. The fraction of sp³-hybridized carbons (Fsp3) is 0.263. The normalized spacial score (nSPS) is 11.3. The summed E-state index contributed by atoms with van der Waals surface area (Å²) in [5.41, 5.74) is 0.861. The Kier molecular flexibility index (Phi) is 6.39. The van der Waals surface area contributed by atoms with Crippen molar-refractivity contribution in [1.82, 2.24) is 0 Å². The lowest BCUT2D eigenvalue weighted by molar-refractivity contribution is -0.123. The Morgan fingerprint density at radius 3 is 2.40 bits per heavy atom. The van der Waals surface area contributed by atoms with Crippen molar-refractivity contribution < 1.29 is 23.8 Å². The number of esters is 1. The van der Waals surface area contributed by atoms with Crippen LogP contribution in [-0.2, 0) is 9.53 Å². The van der Waals surface area contributed by atoms with Crippen LogP contribution in [0.25, 0.3) is 0 Å². The molecular weight excluding hydrogens is 322 g/mol. The summed E-state index contributed by atoms with van der Waals surface area (Å²) in [6.07, 6.45) is -0.955. The lowest BCUT2D eigenvalue weighted by Crippen LogP contribution is -2.30. The molecule has 0 saturated heterocycles. The van der Waals surface area contributed by atoms with Crippen LogP contribution in [0, 0.1) is 0 Å². The maximum atomic E-state index is 12.2. The van der Waals surface area contributed by atoms with E-state index in [0.29, 0.717) is 29.4 Å². The van der Waals surface area contributed by atoms with Gasteiger partial charge in [-0.15, -0.1) is 0 Å². The topological polar surface area (TPSA) is 73.9 Å². The molecule has 0 aliphatic heterocycles. The van der Waals surface area contributed by atoms with Crippen LogP contribution in [0.4, 0.5) is 5.69 Å². The van der Waals surface area contributed by atoms with Crippen molar-refractivity contribution in [2.45, 2.75) is 20.0 Å². The van der Waals surface area contributed by atoms with Crippen molar-refractivity contribution >= 4 is 17.6 Å². The first kappa shape index (κ1) is 18.3. The Labute approximate surface area is 146 Å². The first-order valence-corrected chi connectivity index (χ1v) is 7.93. The highest BCUT2D eigenvalue weighted by atomic mass is 16.5. The number of hydrogen-bond donors (Lipinski definition) is 1. The highest BCUT2D eigenvalue weighted by Crippen LogP contribution is 2.23. The number of nitrogens with one attached hydrogen (secondary N) is 1. The van der Waals surface area contributed by atoms with E-state index in [9.17, 15) is 9.59 Å². The molecule has 6 heteroatoms. The number of hydrogen-bond acceptors (Lipinski definition) is 5. The van der Waals surface area contributed by atoms with Crippen molar-refractivity contribution in [1.29, 1.82) is 0 Å². The molecule has 6 nitrogen and oxygen atoms in total. The number of para-hydroxylation sites is 2. The molecule has 0 spiro atoms. The van der Waals surface area contributed by atoms with E-state index in [0.717, 1.165) is 0 Å². The van der Waals surface area contributed by atoms with Crippen LogP contribution in [0.15, 0.2) is 48.5 Å². The second-order valence-electron chi connectivity index (χ2n) is 5.19. The molecule has 0 fully saturated rings. The molecule has 0 saturated carbocycles. The zero-order chi connectivity index (χ0) is 18.2. The smallest absolute Gasteiger partial charge is 0.338 e. The first-order chi connectivity index (χ1) is 12.0. The molecule has 132 valence electrons. The maximum absolute atomic E-state index is 12.2. The Hall–Kier alpha value is -3.02. The zero-order valence-electron chi connectivity index (χ0n) is 14.4. The SMILES string of the molecule is CCOc1ccc(C(=O)O[C@H](C)C(=O)Nc2ccccc2OC)cc1. The molecule has 0 aliphatic rings. The number of carbonyl (C=O) groups excluding carboxylic acids is 2. The third kappa shape index (κ3) is 4.97. The summed E-state index contributed by atoms with van der Waals surface area (Å²) in [5.74, 6) is 0.177. The van der Waals surface area contributed by atoms with Gasteiger partial charge in [-0.2, -0.15) is 0 Å². The van der Waals surface area contributed by atoms with Gasteiger partial charge in [-0.1, -0.05) is 12.1 Å². The zero-order valence-corrected chi connectivity index (χ0v) is 14.4. The summed E-state index contributed by atoms with van der Waals surface area (Å²) in [6, 6.07) is 13.6. The van der Waals surface area contributed by atoms with Gasteiger partial charge in [0.25, 0.3) is 5.91 Å². The predicted octanol–water partition coefficient (Wildman–Crippen LogP) is 3.28. The fourth-order valence-corrected chi connectivity index (χ4v) is 2.12. The van der Waals surface area contributed by atoms with E-state index in [1.165, 1.54) is 14.0 Å². The van der Waals surface area contributed by atoms with Gasteiger partial charge in [0.15, 0.2) is 6.10 Å². The summed E-state index contributed by atoms with van der Waals surface area (Å²) in [4.78, 5) is 24.4. The minimum Gasteiger partial charge on any atom is -0.495 e. The summed E-state index contributed by atoms with van der Waals surface area (Å²) in [6.45, 7) is 3.94. The number of carbonyl (C=O) groups is 2. The summed E-state index contributed by atoms with van der Waals surface area (Å²) in [5, 5.41) is 2.68. The summed E-state index contributed by atoms with van der Waals surface area (Å²) in [7, 11) is 1.51. The Bertz CT molecular complexity index is 727. The second kappa shape index (κ2) is 8.73. The number of anilines is 1. The van der Waals surface area contributed by atoms with E-state index >= 15 is 0 Å². The van der Waals surface area contributed by atoms with Gasteiger partial charge >= 0.3 is 5.97 Å². The Morgan fingerprint density at radius 2 is 1.76 bits per heavy atom. The minimum absolute atomic E-state index is 0.348. The number of amides is 1. The average Bonchev–Trinajstić information content (AvgIpc) is 2.63. The lowest BCUT2D eigenvalue weighted by atomic mass is 10.2. The van der Waals surface area contributed by atoms with Gasteiger partial charge < -0.3 is 19.5 Å². The van der Waals surface area contributed by atoms with E-state index < -0.39 is 18.0 Å². The van der Waals surface area contributed by atoms with Crippen LogP contribution in [0.5, 0.6) is 11.5 Å². The van der Waals surface area contributed by atoms with Gasteiger partial charge in [-0.3, -0.25) is 4.79 Å². The molecule has 1 amide bonds. The molecule has 0 aromatic heterocycles. The number of ether oxygens (including phenoxy) is 3. The molecule has 2 aromatic rings. The largest absolute Gasteiger partial charge is 0.495 e. The summed E-state index contributed by atoms with van der Waals surface area (Å²) < 4.78 is 15.7. The average molecular weight is 343 g/mol. The van der Waals surface area contributed by atoms with Crippen LogP contribution in [-0.4, -0.2) is 31.7 Å². The van der Waals surface area contributed by atoms with Gasteiger partial charge in [0.2, 0.25) is 0 Å². The molecule has 0 heterocycles. The van der Waals surface area contributed by atoms with Crippen molar-refractivity contribution in [3.8, 4) is 11.5 Å². The third-order valence-corrected chi connectivity index (χ3v) is 3.42. The van der Waals surface area contributed by atoms with Crippen molar-refractivity contribution in [3.63, 3.8) is 0 Å². The molecule has 0 unspecified atom stereocenters. The highest BCUT2D eigenvalue weighted by Gasteiger charge is 2.20. The van der Waals surface area contributed by atoms with Crippen LogP contribution < -0.4 is 14.8 Å². The standard InChI is InChI=1S/C19H21NO5/c1-4-24-15-11-9-14(10-12-15)19(22)25-13(2)18(21)20-16-7-5-6-8-17(16)23-3/h5-13H,4H2,1-3H3,(H,20,21)/t13-/m1/s1. The van der Waals surface area contributed by atoms with Crippen LogP contribution in [0.2, 0.25) is 0 Å². The number of rotatable bonds is 7. The molecule has 1 N–H and O–H groups in total. The Balaban J connectivity index is 1.97. The van der Waals surface area contributed by atoms with Crippen LogP contribution in [0.1, 0.15) is 24.2 Å². The van der Waals surface area contributed by atoms with Gasteiger partial charge in [-0.05, 0) is 50.2 Å². The Morgan fingerprint density at radius 1 is 1.08 bits per heavy atom. The highest BCUT2D eigenvalue weighted by molar-refractivity contribution is 5.98. The van der Waals surface area contributed by atoms with Crippen LogP contribution in [0.3, 0.4) is 0 Å². The monoisotopic (exact) mass is 343 g/mol. The minimum atomic E-state index is -0.955. The molecule has 0 aliphatic carbocycles. The molecule has 0 radical (unpaired) electrons. The van der Waals surface area contributed by atoms with Gasteiger partial charge in [-0.25, -0.2) is 4.79 Å². The summed E-state index contributed by atoms with van der Waals surface area (Å²) >= 11 is 0. The lowest BCUT2D eigenvalue weighted by Gasteiger charge is -2.15. The van der Waals surface area contributed by atoms with Crippen molar-refractivity contribution in [2.24, 2.45) is 0 Å². The molecule has 1 atom stereocenters. The second-order valence-corrected chi connectivity index (χ2v) is 5.19. The quantitative estimate of drug-likeness (QED) is 0.781. The van der Waals surface area contributed by atoms with E-state index in [4.69, 9.17) is 14.2 Å². The van der Waals surface area contributed by atoms with Crippen molar-refractivity contribution in [2.75, 3.05) is 19.0 Å².